The minimum atomic E-state index is -0.790. The normalized spacial score (nSPS) is 14.8. The second-order valence-electron chi connectivity index (χ2n) is 8.42. The molecule has 184 valence electrons. The Morgan fingerprint density at radius 2 is 1.86 bits per heavy atom. The molecular weight excluding hydrogens is 492 g/mol. The van der Waals surface area contributed by atoms with Gasteiger partial charge in [-0.25, -0.2) is 9.78 Å². The van der Waals surface area contributed by atoms with Crippen LogP contribution in [0.15, 0.2) is 75.9 Å². The summed E-state index contributed by atoms with van der Waals surface area (Å²) in [4.78, 5) is 45.7. The highest BCUT2D eigenvalue weighted by molar-refractivity contribution is 7.22. The summed E-state index contributed by atoms with van der Waals surface area (Å²) >= 11 is 1.33. The van der Waals surface area contributed by atoms with Crippen molar-refractivity contribution in [2.45, 2.75) is 13.0 Å². The van der Waals surface area contributed by atoms with Crippen LogP contribution >= 0.6 is 11.3 Å². The Bertz CT molecular complexity index is 1750. The Balaban J connectivity index is 1.56. The first-order valence-corrected chi connectivity index (χ1v) is 12.4. The minimum absolute atomic E-state index is 0.0139. The van der Waals surface area contributed by atoms with Crippen molar-refractivity contribution in [2.75, 3.05) is 18.6 Å². The van der Waals surface area contributed by atoms with Crippen LogP contribution in [-0.4, -0.2) is 30.6 Å². The van der Waals surface area contributed by atoms with E-state index in [0.717, 1.165) is 4.70 Å². The SMILES string of the molecule is CCOc1ccc2nc(N3C(=O)c4oc5ccccc5c(=O)c4[C@H]3c3ccc(C(=O)OC)cc3)sc2c1. The van der Waals surface area contributed by atoms with Crippen LogP contribution in [0.2, 0.25) is 0 Å². The summed E-state index contributed by atoms with van der Waals surface area (Å²) < 4.78 is 17.3. The molecule has 0 aliphatic carbocycles. The summed E-state index contributed by atoms with van der Waals surface area (Å²) in [5.41, 5.74) is 1.99. The Kier molecular flexibility index (Phi) is 5.49. The van der Waals surface area contributed by atoms with E-state index in [-0.39, 0.29) is 16.8 Å². The molecule has 0 bridgehead atoms. The Hall–Kier alpha value is -4.50. The zero-order valence-corrected chi connectivity index (χ0v) is 20.7. The number of amides is 1. The first-order chi connectivity index (χ1) is 18.0. The molecule has 0 N–H and O–H groups in total. The van der Waals surface area contributed by atoms with Gasteiger partial charge in [-0.1, -0.05) is 35.6 Å². The number of esters is 1. The molecule has 0 fully saturated rings. The van der Waals surface area contributed by atoms with Crippen molar-refractivity contribution >= 4 is 49.5 Å². The molecule has 0 unspecified atom stereocenters. The van der Waals surface area contributed by atoms with E-state index in [0.29, 0.717) is 45.1 Å². The first-order valence-electron chi connectivity index (χ1n) is 11.6. The maximum absolute atomic E-state index is 13.8. The lowest BCUT2D eigenvalue weighted by molar-refractivity contribution is 0.0600. The van der Waals surface area contributed by atoms with Gasteiger partial charge >= 0.3 is 5.97 Å². The van der Waals surface area contributed by atoms with E-state index in [1.165, 1.54) is 23.3 Å². The van der Waals surface area contributed by atoms with Crippen molar-refractivity contribution in [3.8, 4) is 5.75 Å². The summed E-state index contributed by atoms with van der Waals surface area (Å²) in [6, 6.07) is 18.2. The molecule has 1 aliphatic rings. The highest BCUT2D eigenvalue weighted by Gasteiger charge is 2.45. The number of nitrogens with zero attached hydrogens (tertiary/aromatic N) is 2. The van der Waals surface area contributed by atoms with Gasteiger partial charge in [0.2, 0.25) is 5.76 Å². The Morgan fingerprint density at radius 1 is 1.08 bits per heavy atom. The van der Waals surface area contributed by atoms with Gasteiger partial charge in [-0.3, -0.25) is 14.5 Å². The molecule has 0 saturated heterocycles. The molecule has 3 aromatic carbocycles. The van der Waals surface area contributed by atoms with E-state index in [1.807, 2.05) is 25.1 Å². The van der Waals surface area contributed by atoms with Crippen molar-refractivity contribution in [2.24, 2.45) is 0 Å². The van der Waals surface area contributed by atoms with Crippen LogP contribution in [0, 0.1) is 0 Å². The van der Waals surface area contributed by atoms with E-state index in [2.05, 4.69) is 0 Å². The predicted octanol–water partition coefficient (Wildman–Crippen LogP) is 5.34. The third-order valence-electron chi connectivity index (χ3n) is 6.29. The molecule has 1 amide bonds. The van der Waals surface area contributed by atoms with Crippen molar-refractivity contribution in [3.63, 3.8) is 0 Å². The average molecular weight is 513 g/mol. The molecular formula is C28H20N2O6S. The molecule has 6 rings (SSSR count). The van der Waals surface area contributed by atoms with Crippen LogP contribution in [0.1, 0.15) is 45.0 Å². The molecule has 5 aromatic rings. The molecule has 37 heavy (non-hydrogen) atoms. The summed E-state index contributed by atoms with van der Waals surface area (Å²) in [6.45, 7) is 2.44. The fourth-order valence-corrected chi connectivity index (χ4v) is 5.62. The summed E-state index contributed by atoms with van der Waals surface area (Å²) in [5.74, 6) is -0.239. The van der Waals surface area contributed by atoms with Gasteiger partial charge in [0.1, 0.15) is 11.3 Å². The number of para-hydroxylation sites is 1. The monoisotopic (exact) mass is 512 g/mol. The van der Waals surface area contributed by atoms with Crippen molar-refractivity contribution < 1.29 is 23.5 Å². The zero-order valence-electron chi connectivity index (χ0n) is 19.9. The van der Waals surface area contributed by atoms with Gasteiger partial charge in [0, 0.05) is 0 Å². The van der Waals surface area contributed by atoms with Gasteiger partial charge in [0.05, 0.1) is 46.5 Å². The fourth-order valence-electron chi connectivity index (χ4n) is 4.60. The number of rotatable bonds is 5. The molecule has 3 heterocycles. The van der Waals surface area contributed by atoms with Crippen LogP contribution in [0.3, 0.4) is 0 Å². The zero-order chi connectivity index (χ0) is 25.7. The van der Waals surface area contributed by atoms with E-state index in [9.17, 15) is 14.4 Å². The quantitative estimate of drug-likeness (QED) is 0.293. The number of hydrogen-bond donors (Lipinski definition) is 0. The van der Waals surface area contributed by atoms with Gasteiger partial charge in [-0.15, -0.1) is 0 Å². The number of aromatic nitrogens is 1. The maximum Gasteiger partial charge on any atom is 0.337 e. The lowest BCUT2D eigenvalue weighted by Gasteiger charge is -2.22. The van der Waals surface area contributed by atoms with Crippen LogP contribution in [0.25, 0.3) is 21.2 Å². The number of hydrogen-bond acceptors (Lipinski definition) is 8. The third kappa shape index (κ3) is 3.66. The molecule has 0 spiro atoms. The number of fused-ring (bicyclic) bond motifs is 3. The molecule has 8 nitrogen and oxygen atoms in total. The number of anilines is 1. The van der Waals surface area contributed by atoms with Gasteiger partial charge in [0.25, 0.3) is 5.91 Å². The number of thiazole rings is 1. The topological polar surface area (TPSA) is 98.9 Å². The number of methoxy groups -OCH3 is 1. The third-order valence-corrected chi connectivity index (χ3v) is 7.31. The summed E-state index contributed by atoms with van der Waals surface area (Å²) in [5, 5.41) is 0.809. The van der Waals surface area contributed by atoms with Crippen LogP contribution in [-0.2, 0) is 4.74 Å². The maximum atomic E-state index is 13.8. The molecule has 9 heteroatoms. The van der Waals surface area contributed by atoms with E-state index in [4.69, 9.17) is 18.9 Å². The largest absolute Gasteiger partial charge is 0.494 e. The second-order valence-corrected chi connectivity index (χ2v) is 9.43. The van der Waals surface area contributed by atoms with Crippen molar-refractivity contribution in [3.05, 3.63) is 99.4 Å². The molecule has 0 radical (unpaired) electrons. The van der Waals surface area contributed by atoms with Gasteiger partial charge in [0.15, 0.2) is 10.6 Å². The highest BCUT2D eigenvalue weighted by atomic mass is 32.1. The van der Waals surface area contributed by atoms with Crippen LogP contribution < -0.4 is 15.1 Å². The lowest BCUT2D eigenvalue weighted by atomic mass is 9.98. The average Bonchev–Trinajstić information content (AvgIpc) is 3.47. The fraction of sp³-hybridized carbons (Fsp3) is 0.143. The van der Waals surface area contributed by atoms with E-state index < -0.39 is 17.9 Å². The van der Waals surface area contributed by atoms with Crippen molar-refractivity contribution in [1.82, 2.24) is 4.98 Å². The Morgan fingerprint density at radius 3 is 2.62 bits per heavy atom. The number of carbonyl (C=O) groups is 2. The lowest BCUT2D eigenvalue weighted by Crippen LogP contribution is -2.29. The molecule has 1 atom stereocenters. The van der Waals surface area contributed by atoms with Crippen molar-refractivity contribution in [1.29, 1.82) is 0 Å². The summed E-state index contributed by atoms with van der Waals surface area (Å²) in [7, 11) is 1.31. The molecule has 0 saturated carbocycles. The Labute approximate surface area is 214 Å². The molecule has 2 aromatic heterocycles. The first kappa shape index (κ1) is 22.9. The highest BCUT2D eigenvalue weighted by Crippen LogP contribution is 2.44. The number of carbonyl (C=O) groups excluding carboxylic acids is 2. The van der Waals surface area contributed by atoms with Gasteiger partial charge in [-0.05, 0) is 55.0 Å². The molecule has 1 aliphatic heterocycles. The predicted molar refractivity (Wildman–Crippen MR) is 140 cm³/mol. The number of benzene rings is 3. The number of ether oxygens (including phenoxy) is 2. The van der Waals surface area contributed by atoms with Crippen LogP contribution in [0.4, 0.5) is 5.13 Å². The van der Waals surface area contributed by atoms with E-state index >= 15 is 0 Å². The smallest absolute Gasteiger partial charge is 0.337 e. The summed E-state index contributed by atoms with van der Waals surface area (Å²) in [6.07, 6.45) is 0. The van der Waals surface area contributed by atoms with Crippen LogP contribution in [0.5, 0.6) is 5.75 Å². The minimum Gasteiger partial charge on any atom is -0.494 e. The van der Waals surface area contributed by atoms with Gasteiger partial charge < -0.3 is 13.9 Å². The van der Waals surface area contributed by atoms with E-state index in [1.54, 1.807) is 48.5 Å². The standard InChI is InChI=1S/C28H20N2O6S/c1-3-35-17-12-13-19-21(14-17)37-28(29-19)30-23(15-8-10-16(11-9-15)27(33)34-2)22-24(31)18-6-4-5-7-20(18)36-25(22)26(30)32/h4-14,23H,3H2,1-2H3/t23-/m1/s1. The van der Waals surface area contributed by atoms with Gasteiger partial charge in [-0.2, -0.15) is 0 Å². The second kappa shape index (κ2) is 8.86.